The Kier molecular flexibility index (Phi) is 4.91. The van der Waals surface area contributed by atoms with Crippen molar-refractivity contribution in [1.29, 1.82) is 0 Å². The maximum atomic E-state index is 12.4. The molecule has 1 N–H and O–H groups in total. The van der Waals surface area contributed by atoms with Gasteiger partial charge in [-0.1, -0.05) is 0 Å². The van der Waals surface area contributed by atoms with Crippen LogP contribution in [0.3, 0.4) is 0 Å². The smallest absolute Gasteiger partial charge is 0.348 e. The predicted octanol–water partition coefficient (Wildman–Crippen LogP) is 1.09. The first-order valence-electron chi connectivity index (χ1n) is 5.54. The Labute approximate surface area is 107 Å². The summed E-state index contributed by atoms with van der Waals surface area (Å²) in [7, 11) is -0.960. The van der Waals surface area contributed by atoms with E-state index >= 15 is 0 Å². The van der Waals surface area contributed by atoms with Crippen LogP contribution in [0.25, 0.3) is 0 Å². The molecule has 1 rings (SSSR count). The summed E-state index contributed by atoms with van der Waals surface area (Å²) in [5.74, 6) is -2.03. The third-order valence-corrected chi connectivity index (χ3v) is 4.74. The molecule has 0 spiro atoms. The number of carbonyl (C=O) groups excluding carboxylic acids is 1. The van der Waals surface area contributed by atoms with Crippen molar-refractivity contribution in [3.8, 4) is 0 Å². The fourth-order valence-electron chi connectivity index (χ4n) is 1.76. The average Bonchev–Trinajstić information content (AvgIpc) is 2.65. The second kappa shape index (κ2) is 5.67. The monoisotopic (exact) mass is 281 g/mol. The minimum atomic E-state index is -3.49. The fraction of sp³-hybridized carbons (Fsp3) is 0.900. The van der Waals surface area contributed by atoms with Crippen LogP contribution < -0.4 is 5.32 Å². The number of amides is 1. The summed E-state index contributed by atoms with van der Waals surface area (Å²) in [6, 6.07) is 0. The van der Waals surface area contributed by atoms with Gasteiger partial charge in [0, 0.05) is 21.1 Å². The molecule has 1 unspecified atom stereocenters. The van der Waals surface area contributed by atoms with Gasteiger partial charge in [-0.2, -0.15) is 0 Å². The van der Waals surface area contributed by atoms with Crippen molar-refractivity contribution in [3.63, 3.8) is 0 Å². The summed E-state index contributed by atoms with van der Waals surface area (Å²) in [6.07, 6.45) is -0.588. The van der Waals surface area contributed by atoms with E-state index in [9.17, 15) is 9.36 Å². The van der Waals surface area contributed by atoms with E-state index in [2.05, 4.69) is 5.32 Å². The third kappa shape index (κ3) is 3.52. The second-order valence-corrected chi connectivity index (χ2v) is 6.78. The molecule has 106 valence electrons. The number of carbonyl (C=O) groups is 1. The molecule has 1 saturated heterocycles. The van der Waals surface area contributed by atoms with E-state index < -0.39 is 25.3 Å². The van der Waals surface area contributed by atoms with Gasteiger partial charge in [-0.3, -0.25) is 9.36 Å². The fourth-order valence-corrected chi connectivity index (χ4v) is 3.25. The highest BCUT2D eigenvalue weighted by molar-refractivity contribution is 7.54. The van der Waals surface area contributed by atoms with E-state index in [0.717, 1.165) is 0 Å². The van der Waals surface area contributed by atoms with Gasteiger partial charge in [0.2, 0.25) is 5.91 Å². The van der Waals surface area contributed by atoms with Crippen molar-refractivity contribution in [2.45, 2.75) is 38.4 Å². The maximum absolute atomic E-state index is 12.4. The molecule has 8 heteroatoms. The van der Waals surface area contributed by atoms with Crippen LogP contribution in [0.15, 0.2) is 0 Å². The molecule has 0 bridgehead atoms. The Morgan fingerprint density at radius 3 is 2.33 bits per heavy atom. The van der Waals surface area contributed by atoms with Gasteiger partial charge >= 0.3 is 7.60 Å². The van der Waals surface area contributed by atoms with Crippen molar-refractivity contribution < 1.29 is 27.9 Å². The molecular formula is C10H20NO6P. The SMILES string of the molecule is COP(=O)(OC)[C@H](NC(C)=O)C1COC(C)(C)O1. The molecule has 1 heterocycles. The molecule has 18 heavy (non-hydrogen) atoms. The number of hydrogen-bond acceptors (Lipinski definition) is 6. The van der Waals surface area contributed by atoms with Crippen LogP contribution in [0.1, 0.15) is 20.8 Å². The summed E-state index contributed by atoms with van der Waals surface area (Å²) >= 11 is 0. The minimum Gasteiger partial charge on any atom is -0.348 e. The van der Waals surface area contributed by atoms with Crippen LogP contribution >= 0.6 is 7.60 Å². The van der Waals surface area contributed by atoms with E-state index in [1.165, 1.54) is 21.1 Å². The molecule has 1 aliphatic heterocycles. The predicted molar refractivity (Wildman–Crippen MR) is 64.1 cm³/mol. The normalized spacial score (nSPS) is 24.8. The molecule has 0 radical (unpaired) electrons. The number of hydrogen-bond donors (Lipinski definition) is 1. The third-order valence-electron chi connectivity index (χ3n) is 2.58. The van der Waals surface area contributed by atoms with Gasteiger partial charge in [0.15, 0.2) is 11.6 Å². The molecule has 0 aromatic heterocycles. The Morgan fingerprint density at radius 1 is 1.44 bits per heavy atom. The van der Waals surface area contributed by atoms with Gasteiger partial charge in [0.05, 0.1) is 6.61 Å². The summed E-state index contributed by atoms with van der Waals surface area (Å²) in [5, 5.41) is 2.54. The van der Waals surface area contributed by atoms with Gasteiger partial charge in [0.1, 0.15) is 6.10 Å². The Bertz CT molecular complexity index is 350. The Hall–Kier alpha value is -0.460. The van der Waals surface area contributed by atoms with Crippen LogP contribution in [0.5, 0.6) is 0 Å². The van der Waals surface area contributed by atoms with E-state index in [1.54, 1.807) is 13.8 Å². The number of rotatable bonds is 5. The topological polar surface area (TPSA) is 83.1 Å². The quantitative estimate of drug-likeness (QED) is 0.759. The van der Waals surface area contributed by atoms with Crippen LogP contribution in [-0.4, -0.2) is 44.4 Å². The van der Waals surface area contributed by atoms with E-state index in [4.69, 9.17) is 18.5 Å². The van der Waals surface area contributed by atoms with Gasteiger partial charge < -0.3 is 23.8 Å². The Morgan fingerprint density at radius 2 is 2.00 bits per heavy atom. The van der Waals surface area contributed by atoms with E-state index in [0.29, 0.717) is 0 Å². The van der Waals surface area contributed by atoms with Crippen LogP contribution in [0.4, 0.5) is 0 Å². The van der Waals surface area contributed by atoms with Crippen molar-refractivity contribution >= 4 is 13.5 Å². The second-order valence-electron chi connectivity index (χ2n) is 4.42. The molecular weight excluding hydrogens is 261 g/mol. The summed E-state index contributed by atoms with van der Waals surface area (Å²) in [4.78, 5) is 11.2. The number of ether oxygens (including phenoxy) is 2. The molecule has 7 nitrogen and oxygen atoms in total. The molecule has 2 atom stereocenters. The standard InChI is InChI=1S/C10H20NO6P/c1-7(12)11-9(18(13,14-4)15-5)8-6-16-10(2,3)17-8/h8-9H,6H2,1-5H3,(H,11,12)/t8?,9-/m0/s1. The lowest BCUT2D eigenvalue weighted by Gasteiger charge is -2.29. The van der Waals surface area contributed by atoms with Gasteiger partial charge in [-0.25, -0.2) is 0 Å². The lowest BCUT2D eigenvalue weighted by Crippen LogP contribution is -2.44. The van der Waals surface area contributed by atoms with Gasteiger partial charge in [-0.05, 0) is 13.8 Å². The van der Waals surface area contributed by atoms with Crippen molar-refractivity contribution in [2.75, 3.05) is 20.8 Å². The zero-order valence-electron chi connectivity index (χ0n) is 11.3. The minimum absolute atomic E-state index is 0.203. The molecule has 0 aliphatic carbocycles. The molecule has 0 saturated carbocycles. The van der Waals surface area contributed by atoms with Crippen molar-refractivity contribution in [1.82, 2.24) is 5.32 Å². The highest BCUT2D eigenvalue weighted by atomic mass is 31.2. The summed E-state index contributed by atoms with van der Waals surface area (Å²) in [6.45, 7) is 5.00. The molecule has 1 aliphatic rings. The lowest BCUT2D eigenvalue weighted by molar-refractivity contribution is -0.141. The molecule has 0 aromatic carbocycles. The highest BCUT2D eigenvalue weighted by Gasteiger charge is 2.47. The first kappa shape index (κ1) is 15.6. The first-order valence-corrected chi connectivity index (χ1v) is 7.15. The highest BCUT2D eigenvalue weighted by Crippen LogP contribution is 2.53. The number of nitrogens with one attached hydrogen (secondary N) is 1. The Balaban J connectivity index is 2.92. The van der Waals surface area contributed by atoms with Crippen LogP contribution in [0.2, 0.25) is 0 Å². The maximum Gasteiger partial charge on any atom is 0.355 e. The van der Waals surface area contributed by atoms with Crippen LogP contribution in [-0.2, 0) is 27.9 Å². The average molecular weight is 281 g/mol. The first-order chi connectivity index (χ1) is 8.24. The van der Waals surface area contributed by atoms with Crippen molar-refractivity contribution in [3.05, 3.63) is 0 Å². The molecule has 0 aromatic rings. The zero-order chi connectivity index (χ0) is 14.0. The van der Waals surface area contributed by atoms with E-state index in [1.807, 2.05) is 0 Å². The summed E-state index contributed by atoms with van der Waals surface area (Å²) in [5.41, 5.74) is 0. The largest absolute Gasteiger partial charge is 0.355 e. The van der Waals surface area contributed by atoms with Gasteiger partial charge in [-0.15, -0.1) is 0 Å². The van der Waals surface area contributed by atoms with Gasteiger partial charge in [0.25, 0.3) is 0 Å². The van der Waals surface area contributed by atoms with Crippen molar-refractivity contribution in [2.24, 2.45) is 0 Å². The molecule has 1 fully saturated rings. The molecule has 1 amide bonds. The zero-order valence-corrected chi connectivity index (χ0v) is 12.2. The van der Waals surface area contributed by atoms with E-state index in [-0.39, 0.29) is 12.5 Å². The van der Waals surface area contributed by atoms with Crippen LogP contribution in [0, 0.1) is 0 Å². The lowest BCUT2D eigenvalue weighted by atomic mass is 10.3. The summed E-state index contributed by atoms with van der Waals surface area (Å²) < 4.78 is 33.2.